The standard InChI is InChI=1S/C18H20N4O3/c1-11-8-14-16(23)13-9-12(2-3-22-4-6-24-7-5-22)20-10-15(13)25-18(14)21-17(11)19/h8-10H,2-7H2,1H3,(H2,19,21). The van der Waals surface area contributed by atoms with Gasteiger partial charge < -0.3 is 14.9 Å². The minimum atomic E-state index is -0.0955. The molecule has 0 atom stereocenters. The number of aromatic nitrogens is 2. The molecule has 3 aromatic heterocycles. The predicted octanol–water partition coefficient (Wildman–Crippen LogP) is 1.50. The Hall–Kier alpha value is -2.51. The molecular formula is C18H20N4O3. The Bertz CT molecular complexity index is 993. The number of pyridine rings is 2. The summed E-state index contributed by atoms with van der Waals surface area (Å²) in [4.78, 5) is 23.8. The normalized spacial score (nSPS) is 15.9. The molecule has 7 heteroatoms. The Morgan fingerprint density at radius 2 is 2.04 bits per heavy atom. The topological polar surface area (TPSA) is 94.5 Å². The highest BCUT2D eigenvalue weighted by atomic mass is 16.5. The summed E-state index contributed by atoms with van der Waals surface area (Å²) in [5.74, 6) is 0.366. The van der Waals surface area contributed by atoms with E-state index in [1.165, 1.54) is 0 Å². The van der Waals surface area contributed by atoms with Crippen LogP contribution in [-0.4, -0.2) is 47.7 Å². The van der Waals surface area contributed by atoms with Gasteiger partial charge in [-0.3, -0.25) is 14.7 Å². The van der Waals surface area contributed by atoms with E-state index in [-0.39, 0.29) is 11.1 Å². The second-order valence-electron chi connectivity index (χ2n) is 6.35. The lowest BCUT2D eigenvalue weighted by Crippen LogP contribution is -2.37. The number of anilines is 1. The van der Waals surface area contributed by atoms with E-state index in [9.17, 15) is 4.79 Å². The molecule has 0 bridgehead atoms. The molecule has 1 saturated heterocycles. The average molecular weight is 340 g/mol. The van der Waals surface area contributed by atoms with Crippen LogP contribution in [0, 0.1) is 6.92 Å². The minimum Gasteiger partial charge on any atom is -0.436 e. The van der Waals surface area contributed by atoms with Crippen molar-refractivity contribution in [3.63, 3.8) is 0 Å². The molecule has 0 saturated carbocycles. The van der Waals surface area contributed by atoms with Gasteiger partial charge in [-0.2, -0.15) is 4.98 Å². The van der Waals surface area contributed by atoms with Crippen LogP contribution in [0.25, 0.3) is 22.1 Å². The lowest BCUT2D eigenvalue weighted by molar-refractivity contribution is 0.0383. The fraction of sp³-hybridized carbons (Fsp3) is 0.389. The Morgan fingerprint density at radius 1 is 1.24 bits per heavy atom. The highest BCUT2D eigenvalue weighted by molar-refractivity contribution is 5.88. The maximum absolute atomic E-state index is 12.8. The van der Waals surface area contributed by atoms with E-state index in [0.717, 1.165) is 50.5 Å². The SMILES string of the molecule is Cc1cc2c(=O)c3cc(CCN4CCOCC4)ncc3oc2nc1N. The zero-order valence-electron chi connectivity index (χ0n) is 14.1. The van der Waals surface area contributed by atoms with Crippen molar-refractivity contribution < 1.29 is 9.15 Å². The summed E-state index contributed by atoms with van der Waals surface area (Å²) < 4.78 is 11.1. The van der Waals surface area contributed by atoms with E-state index >= 15 is 0 Å². The van der Waals surface area contributed by atoms with E-state index in [4.69, 9.17) is 14.9 Å². The number of nitrogens with two attached hydrogens (primary N) is 1. The first-order chi connectivity index (χ1) is 12.1. The van der Waals surface area contributed by atoms with Gasteiger partial charge in [0.1, 0.15) is 5.82 Å². The summed E-state index contributed by atoms with van der Waals surface area (Å²) in [5, 5.41) is 0.981. The molecule has 3 aromatic rings. The first-order valence-corrected chi connectivity index (χ1v) is 8.40. The molecule has 1 fully saturated rings. The molecule has 7 nitrogen and oxygen atoms in total. The Labute approximate surface area is 144 Å². The molecule has 0 spiro atoms. The molecule has 2 N–H and O–H groups in total. The molecule has 0 aliphatic carbocycles. The van der Waals surface area contributed by atoms with Gasteiger partial charge in [-0.1, -0.05) is 0 Å². The fourth-order valence-corrected chi connectivity index (χ4v) is 3.08. The van der Waals surface area contributed by atoms with E-state index in [0.29, 0.717) is 22.2 Å². The van der Waals surface area contributed by atoms with E-state index in [2.05, 4.69) is 14.9 Å². The number of nitrogen functional groups attached to an aromatic ring is 1. The van der Waals surface area contributed by atoms with Crippen LogP contribution in [0.1, 0.15) is 11.3 Å². The van der Waals surface area contributed by atoms with Crippen molar-refractivity contribution in [1.82, 2.24) is 14.9 Å². The zero-order valence-corrected chi connectivity index (χ0v) is 14.1. The molecule has 25 heavy (non-hydrogen) atoms. The summed E-state index contributed by atoms with van der Waals surface area (Å²) in [7, 11) is 0. The van der Waals surface area contributed by atoms with Crippen LogP contribution < -0.4 is 11.2 Å². The van der Waals surface area contributed by atoms with Gasteiger partial charge in [0.2, 0.25) is 11.1 Å². The van der Waals surface area contributed by atoms with Gasteiger partial charge in [0.05, 0.1) is 30.2 Å². The zero-order chi connectivity index (χ0) is 17.4. The summed E-state index contributed by atoms with van der Waals surface area (Å²) in [6.07, 6.45) is 2.38. The van der Waals surface area contributed by atoms with Crippen LogP contribution in [0.3, 0.4) is 0 Å². The van der Waals surface area contributed by atoms with Crippen molar-refractivity contribution in [2.24, 2.45) is 0 Å². The first kappa shape index (κ1) is 16.0. The van der Waals surface area contributed by atoms with E-state index < -0.39 is 0 Å². The van der Waals surface area contributed by atoms with E-state index in [1.807, 2.05) is 13.0 Å². The quantitative estimate of drug-likeness (QED) is 0.722. The van der Waals surface area contributed by atoms with Crippen LogP contribution in [0.4, 0.5) is 5.82 Å². The van der Waals surface area contributed by atoms with Gasteiger partial charge in [-0.25, -0.2) is 0 Å². The second kappa shape index (κ2) is 6.42. The third kappa shape index (κ3) is 3.08. The molecular weight excluding hydrogens is 320 g/mol. The number of aryl methyl sites for hydroxylation is 1. The fourth-order valence-electron chi connectivity index (χ4n) is 3.08. The summed E-state index contributed by atoms with van der Waals surface area (Å²) >= 11 is 0. The third-order valence-corrected chi connectivity index (χ3v) is 4.63. The maximum atomic E-state index is 12.8. The molecule has 0 radical (unpaired) electrons. The average Bonchev–Trinajstić information content (AvgIpc) is 2.63. The number of hydrogen-bond acceptors (Lipinski definition) is 7. The highest BCUT2D eigenvalue weighted by Crippen LogP contribution is 2.20. The Kier molecular flexibility index (Phi) is 4.10. The lowest BCUT2D eigenvalue weighted by Gasteiger charge is -2.26. The van der Waals surface area contributed by atoms with Crippen molar-refractivity contribution >= 4 is 27.9 Å². The number of nitrogens with zero attached hydrogens (tertiary/aromatic N) is 3. The maximum Gasteiger partial charge on any atom is 0.232 e. The number of hydrogen-bond donors (Lipinski definition) is 1. The van der Waals surface area contributed by atoms with Crippen molar-refractivity contribution in [1.29, 1.82) is 0 Å². The van der Waals surface area contributed by atoms with Crippen LogP contribution in [-0.2, 0) is 11.2 Å². The van der Waals surface area contributed by atoms with Crippen LogP contribution in [0.15, 0.2) is 27.5 Å². The molecule has 130 valence electrons. The molecule has 1 aliphatic heterocycles. The number of fused-ring (bicyclic) bond motifs is 2. The molecule has 0 unspecified atom stereocenters. The van der Waals surface area contributed by atoms with Gasteiger partial charge in [0.25, 0.3) is 0 Å². The monoisotopic (exact) mass is 340 g/mol. The summed E-state index contributed by atoms with van der Waals surface area (Å²) in [5.41, 5.74) is 8.05. The Balaban J connectivity index is 1.69. The molecule has 0 aromatic carbocycles. The van der Waals surface area contributed by atoms with Crippen LogP contribution in [0.5, 0.6) is 0 Å². The number of ether oxygens (including phenoxy) is 1. The molecule has 4 heterocycles. The predicted molar refractivity (Wildman–Crippen MR) is 95.7 cm³/mol. The highest BCUT2D eigenvalue weighted by Gasteiger charge is 2.14. The molecule has 4 rings (SSSR count). The second-order valence-corrected chi connectivity index (χ2v) is 6.35. The van der Waals surface area contributed by atoms with E-state index in [1.54, 1.807) is 12.3 Å². The largest absolute Gasteiger partial charge is 0.436 e. The molecule has 0 amide bonds. The van der Waals surface area contributed by atoms with Gasteiger partial charge >= 0.3 is 0 Å². The third-order valence-electron chi connectivity index (χ3n) is 4.63. The van der Waals surface area contributed by atoms with Gasteiger partial charge in [0.15, 0.2) is 5.58 Å². The van der Waals surface area contributed by atoms with Crippen molar-refractivity contribution in [2.75, 3.05) is 38.6 Å². The van der Waals surface area contributed by atoms with Crippen LogP contribution in [0.2, 0.25) is 0 Å². The smallest absolute Gasteiger partial charge is 0.232 e. The van der Waals surface area contributed by atoms with Gasteiger partial charge in [-0.05, 0) is 24.6 Å². The van der Waals surface area contributed by atoms with Crippen molar-refractivity contribution in [3.8, 4) is 0 Å². The molecule has 1 aliphatic rings. The lowest BCUT2D eigenvalue weighted by atomic mass is 10.1. The summed E-state index contributed by atoms with van der Waals surface area (Å²) in [6, 6.07) is 3.56. The van der Waals surface area contributed by atoms with Gasteiger partial charge in [0, 0.05) is 31.7 Å². The minimum absolute atomic E-state index is 0.0955. The number of morpholine rings is 1. The first-order valence-electron chi connectivity index (χ1n) is 8.40. The van der Waals surface area contributed by atoms with Crippen molar-refractivity contribution in [2.45, 2.75) is 13.3 Å². The van der Waals surface area contributed by atoms with Crippen LogP contribution >= 0.6 is 0 Å². The number of rotatable bonds is 3. The summed E-state index contributed by atoms with van der Waals surface area (Å²) in [6.45, 7) is 6.15. The Morgan fingerprint density at radius 3 is 2.84 bits per heavy atom. The van der Waals surface area contributed by atoms with Gasteiger partial charge in [-0.15, -0.1) is 0 Å². The van der Waals surface area contributed by atoms with Crippen molar-refractivity contribution in [3.05, 3.63) is 39.8 Å².